The minimum absolute atomic E-state index is 0.213. The number of nitrogen functional groups attached to an aromatic ring is 1. The molecule has 0 heterocycles. The third kappa shape index (κ3) is 7.01. The Labute approximate surface area is 153 Å². The average Bonchev–Trinajstić information content (AvgIpc) is 2.64. The van der Waals surface area contributed by atoms with E-state index in [1.807, 2.05) is 63.2 Å². The number of rotatable bonds is 4. The van der Waals surface area contributed by atoms with Gasteiger partial charge < -0.3 is 10.5 Å². The third-order valence-electron chi connectivity index (χ3n) is 3.15. The van der Waals surface area contributed by atoms with Crippen molar-refractivity contribution in [3.63, 3.8) is 0 Å². The van der Waals surface area contributed by atoms with Crippen LogP contribution < -0.4 is 5.73 Å². The number of hydrogen-bond acceptors (Lipinski definition) is 3. The number of hydrogen-bond donors (Lipinski definition) is 1. The van der Waals surface area contributed by atoms with Crippen molar-refractivity contribution in [2.45, 2.75) is 33.8 Å². The first kappa shape index (κ1) is 21.9. The second-order valence-electron chi connectivity index (χ2n) is 4.56. The predicted molar refractivity (Wildman–Crippen MR) is 106 cm³/mol. The number of carbonyl (C=O) groups is 1. The van der Waals surface area contributed by atoms with Crippen LogP contribution in [0.3, 0.4) is 0 Å². The van der Waals surface area contributed by atoms with Crippen molar-refractivity contribution >= 4 is 27.6 Å². The fraction of sp³-hybridized carbons (Fsp3) is 0.250. The van der Waals surface area contributed by atoms with Gasteiger partial charge in [0.2, 0.25) is 0 Å². The van der Waals surface area contributed by atoms with Gasteiger partial charge >= 0.3 is 5.97 Å². The molecule has 0 unspecified atom stereocenters. The van der Waals surface area contributed by atoms with Crippen molar-refractivity contribution in [1.82, 2.24) is 0 Å². The first-order valence-electron chi connectivity index (χ1n) is 7.81. The van der Waals surface area contributed by atoms with Crippen LogP contribution in [0.5, 0.6) is 0 Å². The number of anilines is 1. The van der Waals surface area contributed by atoms with Gasteiger partial charge in [0.05, 0.1) is 6.42 Å². The number of esters is 1. The smallest absolute Gasteiger partial charge is 0.310 e. The molecule has 4 heteroatoms. The van der Waals surface area contributed by atoms with Gasteiger partial charge in [-0.3, -0.25) is 4.79 Å². The maximum absolute atomic E-state index is 11.9. The molecule has 2 rings (SSSR count). The number of halogens is 1. The van der Waals surface area contributed by atoms with E-state index in [0.29, 0.717) is 12.3 Å². The number of benzene rings is 2. The molecule has 2 aromatic rings. The molecule has 0 aliphatic carbocycles. The van der Waals surface area contributed by atoms with Crippen LogP contribution in [-0.4, -0.2) is 5.97 Å². The minimum Gasteiger partial charge on any atom is -0.461 e. The summed E-state index contributed by atoms with van der Waals surface area (Å²) in [5.74, 6) is -0.261. The zero-order valence-corrected chi connectivity index (χ0v) is 16.2. The first-order valence-corrected chi connectivity index (χ1v) is 8.60. The zero-order valence-electron chi connectivity index (χ0n) is 14.6. The Morgan fingerprint density at radius 2 is 1.71 bits per heavy atom. The highest BCUT2D eigenvalue weighted by Gasteiger charge is 2.12. The predicted octanol–water partition coefficient (Wildman–Crippen LogP) is 5.45. The molecule has 0 saturated carbocycles. The first-order chi connectivity index (χ1) is 11.6. The van der Waals surface area contributed by atoms with Crippen LogP contribution in [0, 0.1) is 6.92 Å². The van der Waals surface area contributed by atoms with Crippen molar-refractivity contribution in [3.8, 4) is 0 Å². The molecule has 0 saturated heterocycles. The Morgan fingerprint density at radius 3 is 2.29 bits per heavy atom. The van der Waals surface area contributed by atoms with Crippen LogP contribution in [0.1, 0.15) is 30.5 Å². The molecule has 2 aromatic carbocycles. The van der Waals surface area contributed by atoms with E-state index in [4.69, 9.17) is 10.5 Å². The molecule has 0 spiro atoms. The molecule has 3 nitrogen and oxygen atoms in total. The van der Waals surface area contributed by atoms with E-state index in [0.717, 1.165) is 21.2 Å². The van der Waals surface area contributed by atoms with E-state index in [-0.39, 0.29) is 12.4 Å². The minimum atomic E-state index is -0.261. The third-order valence-corrected chi connectivity index (χ3v) is 3.89. The van der Waals surface area contributed by atoms with Gasteiger partial charge in [0.1, 0.15) is 6.61 Å². The van der Waals surface area contributed by atoms with Gasteiger partial charge in [-0.15, -0.1) is 13.2 Å². The molecule has 0 aliphatic rings. The van der Waals surface area contributed by atoms with Crippen LogP contribution in [0.25, 0.3) is 0 Å². The molecule has 0 atom stereocenters. The standard InChI is InChI=1S/C16H16BrNO2.C2H6.C2H4/c1-11-13(14(17)7-8-15(11)18)9-16(19)20-10-12-5-3-2-4-6-12;2*1-2/h2-8H,9-10,18H2,1H3;1-2H3;1-2H2. The number of ether oxygens (including phenoxy) is 1. The molecule has 0 aromatic heterocycles. The van der Waals surface area contributed by atoms with Crippen LogP contribution in [-0.2, 0) is 22.6 Å². The van der Waals surface area contributed by atoms with Gasteiger partial charge in [0.25, 0.3) is 0 Å². The Balaban J connectivity index is 0.00000123. The van der Waals surface area contributed by atoms with E-state index < -0.39 is 0 Å². The molecule has 0 aliphatic heterocycles. The molecular formula is C20H26BrNO2. The lowest BCUT2D eigenvalue weighted by Gasteiger charge is -2.11. The summed E-state index contributed by atoms with van der Waals surface area (Å²) in [7, 11) is 0. The summed E-state index contributed by atoms with van der Waals surface area (Å²) in [6.07, 6.45) is 0.213. The van der Waals surface area contributed by atoms with E-state index >= 15 is 0 Å². The molecule has 130 valence electrons. The normalized spacial score (nSPS) is 9.00. The largest absolute Gasteiger partial charge is 0.461 e. The quantitative estimate of drug-likeness (QED) is 0.427. The summed E-state index contributed by atoms with van der Waals surface area (Å²) in [4.78, 5) is 11.9. The topological polar surface area (TPSA) is 52.3 Å². The van der Waals surface area contributed by atoms with Gasteiger partial charge in [-0.1, -0.05) is 60.1 Å². The summed E-state index contributed by atoms with van der Waals surface area (Å²) >= 11 is 3.44. The lowest BCUT2D eigenvalue weighted by Crippen LogP contribution is -2.10. The van der Waals surface area contributed by atoms with E-state index in [1.165, 1.54) is 0 Å². The van der Waals surface area contributed by atoms with Crippen molar-refractivity contribution in [1.29, 1.82) is 0 Å². The van der Waals surface area contributed by atoms with Crippen molar-refractivity contribution in [2.75, 3.05) is 5.73 Å². The highest BCUT2D eigenvalue weighted by atomic mass is 79.9. The number of carbonyl (C=O) groups excluding carboxylic acids is 1. The second-order valence-corrected chi connectivity index (χ2v) is 5.42. The van der Waals surface area contributed by atoms with Crippen molar-refractivity contribution in [3.05, 3.63) is 76.8 Å². The summed E-state index contributed by atoms with van der Waals surface area (Å²) in [6.45, 7) is 12.2. The molecule has 0 amide bonds. The van der Waals surface area contributed by atoms with E-state index in [2.05, 4.69) is 29.1 Å². The summed E-state index contributed by atoms with van der Waals surface area (Å²) < 4.78 is 6.16. The Hall–Kier alpha value is -2.07. The average molecular weight is 392 g/mol. The fourth-order valence-corrected chi connectivity index (χ4v) is 2.46. The van der Waals surface area contributed by atoms with Crippen LogP contribution in [0.4, 0.5) is 5.69 Å². The second kappa shape index (κ2) is 12.4. The van der Waals surface area contributed by atoms with Gasteiger partial charge in [0, 0.05) is 10.2 Å². The van der Waals surface area contributed by atoms with Gasteiger partial charge in [0.15, 0.2) is 0 Å². The Morgan fingerprint density at radius 1 is 1.12 bits per heavy atom. The van der Waals surface area contributed by atoms with E-state index in [9.17, 15) is 4.79 Å². The SMILES string of the molecule is C=C.CC.Cc1c(N)ccc(Br)c1CC(=O)OCc1ccccc1. The lowest BCUT2D eigenvalue weighted by molar-refractivity contribution is -0.144. The highest BCUT2D eigenvalue weighted by Crippen LogP contribution is 2.25. The Bertz CT molecular complexity index is 627. The van der Waals surface area contributed by atoms with Crippen molar-refractivity contribution < 1.29 is 9.53 Å². The van der Waals surface area contributed by atoms with Gasteiger partial charge in [-0.25, -0.2) is 0 Å². The maximum Gasteiger partial charge on any atom is 0.310 e. The van der Waals surface area contributed by atoms with Crippen LogP contribution in [0.15, 0.2) is 60.1 Å². The van der Waals surface area contributed by atoms with Gasteiger partial charge in [-0.2, -0.15) is 0 Å². The summed E-state index contributed by atoms with van der Waals surface area (Å²) in [5.41, 5.74) is 9.30. The summed E-state index contributed by atoms with van der Waals surface area (Å²) in [5, 5.41) is 0. The molecule has 0 bridgehead atoms. The fourth-order valence-electron chi connectivity index (χ4n) is 1.89. The molecule has 24 heavy (non-hydrogen) atoms. The molecule has 0 fully saturated rings. The molecule has 0 radical (unpaired) electrons. The maximum atomic E-state index is 11.9. The molecule has 2 N–H and O–H groups in total. The van der Waals surface area contributed by atoms with Crippen molar-refractivity contribution in [2.24, 2.45) is 0 Å². The molecular weight excluding hydrogens is 366 g/mol. The van der Waals surface area contributed by atoms with Crippen LogP contribution >= 0.6 is 15.9 Å². The lowest BCUT2D eigenvalue weighted by atomic mass is 10.0. The van der Waals surface area contributed by atoms with Gasteiger partial charge in [-0.05, 0) is 35.7 Å². The summed E-state index contributed by atoms with van der Waals surface area (Å²) in [6, 6.07) is 13.3. The monoisotopic (exact) mass is 391 g/mol. The van der Waals surface area contributed by atoms with E-state index in [1.54, 1.807) is 0 Å². The zero-order chi connectivity index (χ0) is 18.5. The van der Waals surface area contributed by atoms with Crippen LogP contribution in [0.2, 0.25) is 0 Å². The Kier molecular flexibility index (Phi) is 11.3. The number of nitrogens with two attached hydrogens (primary N) is 1. The highest BCUT2D eigenvalue weighted by molar-refractivity contribution is 9.10.